The van der Waals surface area contributed by atoms with Gasteiger partial charge in [0.05, 0.1) is 0 Å². The maximum absolute atomic E-state index is 4.10. The van der Waals surface area contributed by atoms with Crippen molar-refractivity contribution in [2.75, 3.05) is 0 Å². The Morgan fingerprint density at radius 2 is 1.75 bits per heavy atom. The van der Waals surface area contributed by atoms with Crippen molar-refractivity contribution in [2.24, 2.45) is 0 Å². The Balaban J connectivity index is 2.17. The molecule has 0 aliphatic carbocycles. The maximum atomic E-state index is 4.10. The molecule has 0 bridgehead atoms. The molecule has 4 heavy (non-hydrogen) atoms. The van der Waals surface area contributed by atoms with Gasteiger partial charge in [-0.1, -0.05) is 0 Å². The highest BCUT2D eigenvalue weighted by molar-refractivity contribution is 4.43. The second-order valence-electron chi connectivity index (χ2n) is 0.622. The average Bonchev–Trinajstić information content (AvgIpc) is 1.75. The fourth-order valence-electron chi connectivity index (χ4n) is 0.0393. The molecule has 0 atom stereocenters. The van der Waals surface area contributed by atoms with Crippen molar-refractivity contribution in [1.29, 1.82) is 0 Å². The first-order valence-electron chi connectivity index (χ1n) is 1.05. The Bertz CT molecular complexity index is 23.2. The topological polar surface area (TPSA) is 25.1 Å². The van der Waals surface area contributed by atoms with Crippen LogP contribution in [-0.2, 0) is 9.78 Å². The van der Waals surface area contributed by atoms with E-state index < -0.39 is 0 Å². The summed E-state index contributed by atoms with van der Waals surface area (Å²) < 4.78 is 0. The van der Waals surface area contributed by atoms with Crippen molar-refractivity contribution in [3.63, 3.8) is 0 Å². The van der Waals surface area contributed by atoms with E-state index in [4.69, 9.17) is 0 Å². The summed E-state index contributed by atoms with van der Waals surface area (Å²) >= 11 is 0. The van der Waals surface area contributed by atoms with E-state index in [1.807, 2.05) is 0 Å². The molecule has 0 aromatic carbocycles. The number of hydrogen-bond donors (Lipinski definition) is 0. The molecule has 23 valence electrons. The van der Waals surface area contributed by atoms with Crippen LogP contribution in [0.2, 0.25) is 0 Å². The van der Waals surface area contributed by atoms with Crippen LogP contribution in [-0.4, -0.2) is 6.29 Å². The van der Waals surface area contributed by atoms with Crippen molar-refractivity contribution in [1.82, 2.24) is 0 Å². The van der Waals surface area contributed by atoms with E-state index >= 15 is 0 Å². The number of rotatable bonds is 0. The van der Waals surface area contributed by atoms with Crippen LogP contribution in [0.25, 0.3) is 0 Å². The van der Waals surface area contributed by atoms with Crippen LogP contribution in [0.1, 0.15) is 0 Å². The van der Waals surface area contributed by atoms with Crippen molar-refractivity contribution in [2.45, 2.75) is 6.29 Å². The lowest BCUT2D eigenvalue weighted by Crippen LogP contribution is -1.59. The normalized spacial score (nSPS) is 26.2. The van der Waals surface area contributed by atoms with Gasteiger partial charge in [0.1, 0.15) is 0 Å². The Morgan fingerprint density at radius 3 is 1.75 bits per heavy atom. The van der Waals surface area contributed by atoms with Crippen LogP contribution < -0.4 is 0 Å². The van der Waals surface area contributed by atoms with Crippen molar-refractivity contribution >= 4 is 0 Å². The standard InChI is InChI=1S/C2H3O2/c1-2-3-4-2/h2H,1H2. The summed E-state index contributed by atoms with van der Waals surface area (Å²) in [7, 11) is 0. The van der Waals surface area contributed by atoms with Crippen molar-refractivity contribution in [3.05, 3.63) is 6.92 Å². The van der Waals surface area contributed by atoms with Crippen LogP contribution in [0.3, 0.4) is 0 Å². The van der Waals surface area contributed by atoms with Crippen LogP contribution >= 0.6 is 0 Å². The molecule has 0 aromatic rings. The zero-order valence-corrected chi connectivity index (χ0v) is 2.10. The predicted molar refractivity (Wildman–Crippen MR) is 11.3 cm³/mol. The Kier molecular flexibility index (Phi) is 0.242. The Hall–Kier alpha value is -0.0800. The van der Waals surface area contributed by atoms with Gasteiger partial charge in [-0.05, 0) is 0 Å². The molecular formula is C2H3O2. The van der Waals surface area contributed by atoms with Gasteiger partial charge in [0.25, 0.3) is 0 Å². The van der Waals surface area contributed by atoms with Gasteiger partial charge < -0.3 is 0 Å². The SMILES string of the molecule is [CH2]C1OO1. The van der Waals surface area contributed by atoms with Gasteiger partial charge in [-0.25, -0.2) is 0 Å². The third kappa shape index (κ3) is 0.191. The molecule has 2 heteroatoms. The molecule has 0 spiro atoms. The molecule has 1 heterocycles. The smallest absolute Gasteiger partial charge is 0.199 e. The number of hydrogen-bond acceptors (Lipinski definition) is 2. The lowest BCUT2D eigenvalue weighted by molar-refractivity contribution is 0.0850. The van der Waals surface area contributed by atoms with Gasteiger partial charge in [-0.15, -0.1) is 0 Å². The van der Waals surface area contributed by atoms with E-state index in [0.29, 0.717) is 0 Å². The summed E-state index contributed by atoms with van der Waals surface area (Å²) in [6.45, 7) is 3.31. The van der Waals surface area contributed by atoms with Gasteiger partial charge in [0.2, 0.25) is 6.29 Å². The highest BCUT2D eigenvalue weighted by Crippen LogP contribution is 2.07. The fraction of sp³-hybridized carbons (Fsp3) is 0.500. The van der Waals surface area contributed by atoms with E-state index in [0.717, 1.165) is 0 Å². The highest BCUT2D eigenvalue weighted by Gasteiger charge is 2.16. The molecule has 0 aromatic heterocycles. The minimum Gasteiger partial charge on any atom is -0.199 e. The second-order valence-corrected chi connectivity index (χ2v) is 0.622. The monoisotopic (exact) mass is 59.0 g/mol. The summed E-state index contributed by atoms with van der Waals surface area (Å²) in [6.07, 6.45) is -0.167. The molecular weight excluding hydrogens is 56.0 g/mol. The molecule has 1 aliphatic rings. The van der Waals surface area contributed by atoms with E-state index in [9.17, 15) is 0 Å². The van der Waals surface area contributed by atoms with Gasteiger partial charge >= 0.3 is 0 Å². The molecule has 1 radical (unpaired) electrons. The third-order valence-corrected chi connectivity index (χ3v) is 0.232. The van der Waals surface area contributed by atoms with Crippen molar-refractivity contribution < 1.29 is 9.78 Å². The lowest BCUT2D eigenvalue weighted by atomic mass is 10.8. The predicted octanol–water partition coefficient (Wildman–Crippen LogP) is 0.108. The molecule has 0 unspecified atom stereocenters. The molecule has 1 saturated heterocycles. The van der Waals surface area contributed by atoms with Crippen LogP contribution in [0.5, 0.6) is 0 Å². The summed E-state index contributed by atoms with van der Waals surface area (Å²) in [5.74, 6) is 0. The molecule has 0 saturated carbocycles. The quantitative estimate of drug-likeness (QED) is 0.292. The first-order valence-corrected chi connectivity index (χ1v) is 1.05. The van der Waals surface area contributed by atoms with Gasteiger partial charge in [-0.3, -0.25) is 0 Å². The molecule has 1 aliphatic heterocycles. The van der Waals surface area contributed by atoms with E-state index in [1.165, 1.54) is 0 Å². The van der Waals surface area contributed by atoms with E-state index in [1.54, 1.807) is 0 Å². The fourth-order valence-corrected chi connectivity index (χ4v) is 0.0393. The summed E-state index contributed by atoms with van der Waals surface area (Å²) in [6, 6.07) is 0. The van der Waals surface area contributed by atoms with Gasteiger partial charge in [0, 0.05) is 6.92 Å². The molecule has 1 rings (SSSR count). The Morgan fingerprint density at radius 1 is 1.50 bits per heavy atom. The van der Waals surface area contributed by atoms with Crippen LogP contribution in [0, 0.1) is 6.92 Å². The third-order valence-electron chi connectivity index (χ3n) is 0.232. The molecule has 1 fully saturated rings. The second kappa shape index (κ2) is 0.445. The van der Waals surface area contributed by atoms with Gasteiger partial charge in [-0.2, -0.15) is 9.78 Å². The minimum atomic E-state index is -0.167. The zero-order valence-electron chi connectivity index (χ0n) is 2.10. The minimum absolute atomic E-state index is 0.167. The summed E-state index contributed by atoms with van der Waals surface area (Å²) in [4.78, 5) is 8.19. The first kappa shape index (κ1) is 2.18. The summed E-state index contributed by atoms with van der Waals surface area (Å²) in [5.41, 5.74) is 0. The van der Waals surface area contributed by atoms with Crippen LogP contribution in [0.15, 0.2) is 0 Å². The van der Waals surface area contributed by atoms with Gasteiger partial charge in [0.15, 0.2) is 0 Å². The van der Waals surface area contributed by atoms with Crippen LogP contribution in [0.4, 0.5) is 0 Å². The average molecular weight is 59.0 g/mol. The molecule has 0 amide bonds. The van der Waals surface area contributed by atoms with E-state index in [2.05, 4.69) is 16.7 Å². The van der Waals surface area contributed by atoms with Crippen molar-refractivity contribution in [3.8, 4) is 0 Å². The maximum Gasteiger partial charge on any atom is 0.224 e. The lowest BCUT2D eigenvalue weighted by Gasteiger charge is -1.40. The highest BCUT2D eigenvalue weighted by atomic mass is 17.4. The van der Waals surface area contributed by atoms with E-state index in [-0.39, 0.29) is 6.29 Å². The molecule has 0 N–H and O–H groups in total. The summed E-state index contributed by atoms with van der Waals surface area (Å²) in [5, 5.41) is 0. The zero-order chi connectivity index (χ0) is 2.99. The largest absolute Gasteiger partial charge is 0.224 e. The molecule has 2 nitrogen and oxygen atoms in total. The Labute approximate surface area is 24.3 Å². The first-order chi connectivity index (χ1) is 1.89.